The topological polar surface area (TPSA) is 0 Å². The van der Waals surface area contributed by atoms with Gasteiger partial charge in [-0.05, 0) is 58.1 Å². The standard InChI is InChI=1S/C22H25/c1-2-3-4-5-6-7-10-18-13-14-21-16-19-11-8-9-12-20(19)17-22(21)15-18/h8-9,11-14,16-17H,2-7,10H2,1H3. The van der Waals surface area contributed by atoms with E-state index in [4.69, 9.17) is 0 Å². The van der Waals surface area contributed by atoms with Gasteiger partial charge in [0, 0.05) is 0 Å². The summed E-state index contributed by atoms with van der Waals surface area (Å²) in [5.41, 5.74) is 1.36. The summed E-state index contributed by atoms with van der Waals surface area (Å²) in [4.78, 5) is 0. The normalized spacial score (nSPS) is 11.3. The second kappa shape index (κ2) is 7.45. The number of aryl methyl sites for hydroxylation is 1. The van der Waals surface area contributed by atoms with Crippen LogP contribution in [-0.4, -0.2) is 0 Å². The molecule has 0 nitrogen and oxygen atoms in total. The number of unbranched alkanes of at least 4 members (excludes halogenated alkanes) is 5. The van der Waals surface area contributed by atoms with Crippen LogP contribution in [0.1, 0.15) is 51.0 Å². The summed E-state index contributed by atoms with van der Waals surface area (Å²) in [6.07, 6.45) is 9.29. The zero-order chi connectivity index (χ0) is 15.2. The first-order valence-electron chi connectivity index (χ1n) is 8.70. The van der Waals surface area contributed by atoms with E-state index >= 15 is 0 Å². The zero-order valence-corrected chi connectivity index (χ0v) is 13.6. The summed E-state index contributed by atoms with van der Waals surface area (Å²) in [6.45, 7) is 2.27. The van der Waals surface area contributed by atoms with Crippen molar-refractivity contribution in [3.63, 3.8) is 0 Å². The van der Waals surface area contributed by atoms with Crippen molar-refractivity contribution in [2.24, 2.45) is 0 Å². The lowest BCUT2D eigenvalue weighted by atomic mass is 9.99. The third-order valence-electron chi connectivity index (χ3n) is 4.48. The van der Waals surface area contributed by atoms with Gasteiger partial charge in [-0.1, -0.05) is 75.4 Å². The van der Waals surface area contributed by atoms with Crippen molar-refractivity contribution < 1.29 is 0 Å². The predicted octanol–water partition coefficient (Wildman–Crippen LogP) is 6.70. The van der Waals surface area contributed by atoms with E-state index in [0.29, 0.717) is 0 Å². The molecule has 0 amide bonds. The Balaban J connectivity index is 1.68. The molecule has 0 heteroatoms. The van der Waals surface area contributed by atoms with Crippen LogP contribution in [-0.2, 0) is 6.42 Å². The molecule has 3 aromatic carbocycles. The van der Waals surface area contributed by atoms with Crippen LogP contribution in [0, 0.1) is 6.07 Å². The van der Waals surface area contributed by atoms with Gasteiger partial charge in [0.1, 0.15) is 0 Å². The molecule has 3 aromatic rings. The molecule has 0 bridgehead atoms. The van der Waals surface area contributed by atoms with Crippen LogP contribution in [0.3, 0.4) is 0 Å². The SMILES string of the molecule is CCCCCCCCc1[c]c2cc3ccccc3cc2cc1. The number of fused-ring (bicyclic) bond motifs is 2. The van der Waals surface area contributed by atoms with Gasteiger partial charge < -0.3 is 0 Å². The molecule has 1 radical (unpaired) electrons. The lowest BCUT2D eigenvalue weighted by Gasteiger charge is -2.06. The van der Waals surface area contributed by atoms with Gasteiger partial charge >= 0.3 is 0 Å². The first-order chi connectivity index (χ1) is 10.9. The Morgan fingerprint density at radius 3 is 2.27 bits per heavy atom. The van der Waals surface area contributed by atoms with Crippen LogP contribution in [0.15, 0.2) is 48.5 Å². The van der Waals surface area contributed by atoms with Gasteiger partial charge in [-0.3, -0.25) is 0 Å². The fourth-order valence-electron chi connectivity index (χ4n) is 3.15. The van der Waals surface area contributed by atoms with Gasteiger partial charge in [-0.2, -0.15) is 0 Å². The molecule has 0 saturated heterocycles. The molecule has 0 N–H and O–H groups in total. The Kier molecular flexibility index (Phi) is 5.11. The van der Waals surface area contributed by atoms with E-state index in [0.717, 1.165) is 6.42 Å². The summed E-state index contributed by atoms with van der Waals surface area (Å²) in [5.74, 6) is 0. The van der Waals surface area contributed by atoms with E-state index < -0.39 is 0 Å². The molecule has 0 unspecified atom stereocenters. The van der Waals surface area contributed by atoms with Crippen molar-refractivity contribution in [2.75, 3.05) is 0 Å². The monoisotopic (exact) mass is 289 g/mol. The second-order valence-corrected chi connectivity index (χ2v) is 6.29. The molecule has 0 saturated carbocycles. The average Bonchev–Trinajstić information content (AvgIpc) is 2.56. The van der Waals surface area contributed by atoms with E-state index in [-0.39, 0.29) is 0 Å². The lowest BCUT2D eigenvalue weighted by Crippen LogP contribution is -1.87. The van der Waals surface area contributed by atoms with E-state index in [1.54, 1.807) is 0 Å². The number of hydrogen-bond acceptors (Lipinski definition) is 0. The van der Waals surface area contributed by atoms with Gasteiger partial charge in [-0.25, -0.2) is 0 Å². The summed E-state index contributed by atoms with van der Waals surface area (Å²) in [6, 6.07) is 21.2. The fourth-order valence-corrected chi connectivity index (χ4v) is 3.15. The van der Waals surface area contributed by atoms with Crippen molar-refractivity contribution in [1.29, 1.82) is 0 Å². The Morgan fingerprint density at radius 1 is 0.727 bits per heavy atom. The largest absolute Gasteiger partial charge is 0.0654 e. The van der Waals surface area contributed by atoms with Crippen LogP contribution < -0.4 is 0 Å². The van der Waals surface area contributed by atoms with Crippen LogP contribution in [0.25, 0.3) is 21.5 Å². The Bertz CT molecular complexity index is 739. The van der Waals surface area contributed by atoms with E-state index in [2.05, 4.69) is 61.5 Å². The van der Waals surface area contributed by atoms with E-state index in [9.17, 15) is 0 Å². The molecule has 0 aliphatic carbocycles. The smallest absolute Gasteiger partial charge is 0.00641 e. The number of hydrogen-bond donors (Lipinski definition) is 0. The first kappa shape index (κ1) is 15.1. The molecule has 0 aliphatic rings. The highest BCUT2D eigenvalue weighted by molar-refractivity contribution is 5.98. The van der Waals surface area contributed by atoms with Crippen LogP contribution >= 0.6 is 0 Å². The van der Waals surface area contributed by atoms with Gasteiger partial charge in [0.25, 0.3) is 0 Å². The highest BCUT2D eigenvalue weighted by Gasteiger charge is 2.01. The summed E-state index contributed by atoms with van der Waals surface area (Å²) < 4.78 is 0. The Morgan fingerprint density at radius 2 is 1.45 bits per heavy atom. The Hall–Kier alpha value is -1.82. The van der Waals surface area contributed by atoms with Crippen molar-refractivity contribution in [1.82, 2.24) is 0 Å². The van der Waals surface area contributed by atoms with Gasteiger partial charge in [0.2, 0.25) is 0 Å². The van der Waals surface area contributed by atoms with Crippen LogP contribution in [0.4, 0.5) is 0 Å². The highest BCUT2D eigenvalue weighted by Crippen LogP contribution is 2.24. The molecule has 3 rings (SSSR count). The zero-order valence-electron chi connectivity index (χ0n) is 13.6. The number of benzene rings is 3. The van der Waals surface area contributed by atoms with Gasteiger partial charge in [-0.15, -0.1) is 0 Å². The molecule has 0 fully saturated rings. The maximum atomic E-state index is 3.62. The van der Waals surface area contributed by atoms with Crippen LogP contribution in [0.5, 0.6) is 0 Å². The summed E-state index contributed by atoms with van der Waals surface area (Å²) in [5, 5.41) is 5.17. The van der Waals surface area contributed by atoms with Gasteiger partial charge in [0.05, 0.1) is 0 Å². The minimum Gasteiger partial charge on any atom is -0.0654 e. The third-order valence-corrected chi connectivity index (χ3v) is 4.48. The maximum Gasteiger partial charge on any atom is -0.00641 e. The molecule has 0 heterocycles. The minimum absolute atomic E-state index is 1.16. The average molecular weight is 289 g/mol. The molecule has 113 valence electrons. The molecule has 22 heavy (non-hydrogen) atoms. The highest BCUT2D eigenvalue weighted by atomic mass is 14.0. The Labute approximate surface area is 134 Å². The first-order valence-corrected chi connectivity index (χ1v) is 8.70. The van der Waals surface area contributed by atoms with E-state index in [1.165, 1.54) is 65.6 Å². The minimum atomic E-state index is 1.16. The van der Waals surface area contributed by atoms with Crippen LogP contribution in [0.2, 0.25) is 0 Å². The van der Waals surface area contributed by atoms with Crippen molar-refractivity contribution >= 4 is 21.5 Å². The molecular weight excluding hydrogens is 264 g/mol. The fraction of sp³-hybridized carbons (Fsp3) is 0.364. The maximum absolute atomic E-state index is 3.62. The molecule has 0 aliphatic heterocycles. The molecule has 0 aromatic heterocycles. The van der Waals surface area contributed by atoms with E-state index in [1.807, 2.05) is 0 Å². The molecule has 0 atom stereocenters. The summed E-state index contributed by atoms with van der Waals surface area (Å²) >= 11 is 0. The lowest BCUT2D eigenvalue weighted by molar-refractivity contribution is 0.607. The van der Waals surface area contributed by atoms with Crippen molar-refractivity contribution in [3.8, 4) is 0 Å². The predicted molar refractivity (Wildman–Crippen MR) is 97.4 cm³/mol. The summed E-state index contributed by atoms with van der Waals surface area (Å²) in [7, 11) is 0. The van der Waals surface area contributed by atoms with Crippen molar-refractivity contribution in [2.45, 2.75) is 51.9 Å². The quantitative estimate of drug-likeness (QED) is 0.335. The third kappa shape index (κ3) is 3.68. The van der Waals surface area contributed by atoms with Gasteiger partial charge in [0.15, 0.2) is 0 Å². The molecular formula is C22H25. The number of rotatable bonds is 7. The molecule has 0 spiro atoms. The second-order valence-electron chi connectivity index (χ2n) is 6.29. The van der Waals surface area contributed by atoms with Crippen molar-refractivity contribution in [3.05, 3.63) is 60.2 Å².